The highest BCUT2D eigenvalue weighted by atomic mass is 16.7. The predicted molar refractivity (Wildman–Crippen MR) is 137 cm³/mol. The summed E-state index contributed by atoms with van der Waals surface area (Å²) in [6.45, 7) is 5.60. The summed E-state index contributed by atoms with van der Waals surface area (Å²) in [6, 6.07) is 7.83. The fourth-order valence-corrected chi connectivity index (χ4v) is 4.62. The van der Waals surface area contributed by atoms with Crippen LogP contribution in [-0.4, -0.2) is 30.6 Å². The first kappa shape index (κ1) is 28.5. The lowest BCUT2D eigenvalue weighted by Gasteiger charge is -2.36. The number of ether oxygens (including phenoxy) is 3. The highest BCUT2D eigenvalue weighted by Gasteiger charge is 2.36. The number of unbranched alkanes of at least 4 members (excludes halogenated alkanes) is 10. The molecular weight excluding hydrogens is 428 g/mol. The summed E-state index contributed by atoms with van der Waals surface area (Å²) in [4.78, 5) is 12.0. The van der Waals surface area contributed by atoms with Crippen LogP contribution in [0.15, 0.2) is 24.3 Å². The third-order valence-electron chi connectivity index (χ3n) is 6.90. The molecule has 5 heteroatoms. The zero-order valence-corrected chi connectivity index (χ0v) is 21.7. The number of hydrogen-bond donors (Lipinski definition) is 1. The Labute approximate surface area is 207 Å². The summed E-state index contributed by atoms with van der Waals surface area (Å²) in [6.07, 6.45) is 16.1. The molecule has 0 bridgehead atoms. The maximum Gasteiger partial charge on any atom is 0.508 e. The van der Waals surface area contributed by atoms with Gasteiger partial charge in [-0.1, -0.05) is 90.2 Å². The molecule has 0 aromatic heterocycles. The van der Waals surface area contributed by atoms with Gasteiger partial charge in [-0.25, -0.2) is 4.79 Å². The van der Waals surface area contributed by atoms with Gasteiger partial charge in [-0.3, -0.25) is 0 Å². The van der Waals surface area contributed by atoms with Crippen LogP contribution in [0.2, 0.25) is 0 Å². The summed E-state index contributed by atoms with van der Waals surface area (Å²) in [7, 11) is 0. The largest absolute Gasteiger partial charge is 0.508 e. The predicted octanol–water partition coefficient (Wildman–Crippen LogP) is 8.07. The molecule has 0 heterocycles. The minimum Gasteiger partial charge on any atom is -0.494 e. The van der Waals surface area contributed by atoms with Crippen LogP contribution in [0.1, 0.15) is 122 Å². The van der Waals surface area contributed by atoms with Gasteiger partial charge in [0.25, 0.3) is 0 Å². The average Bonchev–Trinajstić information content (AvgIpc) is 2.85. The average molecular weight is 477 g/mol. The van der Waals surface area contributed by atoms with Crippen molar-refractivity contribution >= 4 is 6.16 Å². The maximum atomic E-state index is 12.0. The van der Waals surface area contributed by atoms with Gasteiger partial charge in [0, 0.05) is 0 Å². The van der Waals surface area contributed by atoms with Crippen LogP contribution >= 0.6 is 0 Å². The zero-order valence-electron chi connectivity index (χ0n) is 21.7. The lowest BCUT2D eigenvalue weighted by atomic mass is 9.78. The number of benzene rings is 1. The first-order chi connectivity index (χ1) is 16.6. The highest BCUT2D eigenvalue weighted by Crippen LogP contribution is 2.38. The van der Waals surface area contributed by atoms with Crippen molar-refractivity contribution in [2.45, 2.75) is 128 Å². The lowest BCUT2D eigenvalue weighted by Crippen LogP contribution is -2.35. The molecule has 0 radical (unpaired) electrons. The van der Waals surface area contributed by atoms with Crippen LogP contribution in [0.4, 0.5) is 4.79 Å². The number of hydrogen-bond acceptors (Lipinski definition) is 5. The van der Waals surface area contributed by atoms with Crippen molar-refractivity contribution in [3.8, 4) is 5.75 Å². The van der Waals surface area contributed by atoms with E-state index < -0.39 is 11.8 Å². The molecule has 0 atom stereocenters. The molecule has 0 saturated heterocycles. The van der Waals surface area contributed by atoms with Crippen molar-refractivity contribution in [3.63, 3.8) is 0 Å². The van der Waals surface area contributed by atoms with Crippen LogP contribution in [0.5, 0.6) is 5.75 Å². The highest BCUT2D eigenvalue weighted by molar-refractivity contribution is 5.60. The minimum atomic E-state index is -0.875. The quantitative estimate of drug-likeness (QED) is 0.182. The third kappa shape index (κ3) is 11.1. The van der Waals surface area contributed by atoms with Crippen LogP contribution in [0.25, 0.3) is 0 Å². The van der Waals surface area contributed by atoms with Gasteiger partial charge < -0.3 is 19.3 Å². The molecule has 1 N–H and O–H groups in total. The first-order valence-corrected chi connectivity index (χ1v) is 13.9. The molecule has 1 aromatic carbocycles. The lowest BCUT2D eigenvalue weighted by molar-refractivity contribution is -0.0538. The molecule has 1 fully saturated rings. The van der Waals surface area contributed by atoms with E-state index in [-0.39, 0.29) is 6.10 Å². The Hall–Kier alpha value is -1.75. The van der Waals surface area contributed by atoms with E-state index in [0.29, 0.717) is 32.3 Å². The SMILES string of the molecule is CCCCCCCCOC(=O)OC1CCC(O)(c2ccc(OCCCCCCCC)cc2)CC1. The molecular formula is C29H48O5. The fraction of sp³-hybridized carbons (Fsp3) is 0.759. The first-order valence-electron chi connectivity index (χ1n) is 13.9. The van der Waals surface area contributed by atoms with Crippen molar-refractivity contribution < 1.29 is 24.1 Å². The van der Waals surface area contributed by atoms with Gasteiger partial charge in [-0.05, 0) is 56.2 Å². The van der Waals surface area contributed by atoms with Gasteiger partial charge in [-0.15, -0.1) is 0 Å². The molecule has 194 valence electrons. The van der Waals surface area contributed by atoms with E-state index in [0.717, 1.165) is 37.2 Å². The summed E-state index contributed by atoms with van der Waals surface area (Å²) >= 11 is 0. The monoisotopic (exact) mass is 476 g/mol. The summed E-state index contributed by atoms with van der Waals surface area (Å²) in [5, 5.41) is 11.2. The van der Waals surface area contributed by atoms with Crippen LogP contribution in [0.3, 0.4) is 0 Å². The molecule has 1 aliphatic rings. The summed E-state index contributed by atoms with van der Waals surface area (Å²) in [5.74, 6) is 0.853. The molecule has 0 amide bonds. The Morgan fingerprint density at radius 2 is 1.35 bits per heavy atom. The van der Waals surface area contributed by atoms with Crippen LogP contribution in [0, 0.1) is 0 Å². The number of rotatable bonds is 17. The topological polar surface area (TPSA) is 65.0 Å². The summed E-state index contributed by atoms with van der Waals surface area (Å²) in [5.41, 5.74) is 0.0311. The van der Waals surface area contributed by atoms with E-state index in [1.54, 1.807) is 0 Å². The van der Waals surface area contributed by atoms with E-state index >= 15 is 0 Å². The fourth-order valence-electron chi connectivity index (χ4n) is 4.62. The van der Waals surface area contributed by atoms with Crippen molar-refractivity contribution in [2.24, 2.45) is 0 Å². The Kier molecular flexibility index (Phi) is 14.1. The molecule has 1 aliphatic carbocycles. The van der Waals surface area contributed by atoms with Gasteiger partial charge in [-0.2, -0.15) is 0 Å². The van der Waals surface area contributed by atoms with Gasteiger partial charge in [0.05, 0.1) is 18.8 Å². The Balaban J connectivity index is 1.62. The standard InChI is InChI=1S/C29H48O5/c1-3-5-7-9-11-13-23-32-26-17-15-25(16-18-26)29(31)21-19-27(20-22-29)34-28(30)33-24-14-12-10-8-6-4-2/h15-18,27,31H,3-14,19-24H2,1-2H3. The maximum absolute atomic E-state index is 12.0. The Bertz CT molecular complexity index is 649. The van der Waals surface area contributed by atoms with E-state index in [4.69, 9.17) is 14.2 Å². The molecule has 1 saturated carbocycles. The number of carbonyl (C=O) groups is 1. The van der Waals surface area contributed by atoms with Crippen molar-refractivity contribution in [3.05, 3.63) is 29.8 Å². The number of aliphatic hydroxyl groups is 1. The third-order valence-corrected chi connectivity index (χ3v) is 6.90. The zero-order chi connectivity index (χ0) is 24.5. The van der Waals surface area contributed by atoms with Gasteiger partial charge >= 0.3 is 6.16 Å². The normalized spacial score (nSPS) is 20.1. The molecule has 0 aliphatic heterocycles. The van der Waals surface area contributed by atoms with Gasteiger partial charge in [0.1, 0.15) is 11.9 Å². The minimum absolute atomic E-state index is 0.183. The van der Waals surface area contributed by atoms with Gasteiger partial charge in [0.15, 0.2) is 0 Å². The second kappa shape index (κ2) is 16.8. The Morgan fingerprint density at radius 3 is 1.94 bits per heavy atom. The molecule has 1 aromatic rings. The molecule has 2 rings (SSSR count). The van der Waals surface area contributed by atoms with E-state index in [1.807, 2.05) is 24.3 Å². The smallest absolute Gasteiger partial charge is 0.494 e. The molecule has 34 heavy (non-hydrogen) atoms. The molecule has 5 nitrogen and oxygen atoms in total. The van der Waals surface area contributed by atoms with E-state index in [9.17, 15) is 9.90 Å². The van der Waals surface area contributed by atoms with Crippen molar-refractivity contribution in [1.29, 1.82) is 0 Å². The van der Waals surface area contributed by atoms with Crippen LogP contribution in [-0.2, 0) is 15.1 Å². The van der Waals surface area contributed by atoms with E-state index in [2.05, 4.69) is 13.8 Å². The molecule has 0 unspecified atom stereocenters. The number of carbonyl (C=O) groups excluding carboxylic acids is 1. The van der Waals surface area contributed by atoms with Crippen molar-refractivity contribution in [1.82, 2.24) is 0 Å². The second-order valence-corrected chi connectivity index (χ2v) is 9.86. The van der Waals surface area contributed by atoms with Crippen molar-refractivity contribution in [2.75, 3.05) is 13.2 Å². The Morgan fingerprint density at radius 1 is 0.824 bits per heavy atom. The second-order valence-electron chi connectivity index (χ2n) is 9.86. The summed E-state index contributed by atoms with van der Waals surface area (Å²) < 4.78 is 16.6. The molecule has 0 spiro atoms. The van der Waals surface area contributed by atoms with E-state index in [1.165, 1.54) is 57.8 Å². The van der Waals surface area contributed by atoms with Crippen LogP contribution < -0.4 is 4.74 Å². The van der Waals surface area contributed by atoms with Gasteiger partial charge in [0.2, 0.25) is 0 Å².